The van der Waals surface area contributed by atoms with Gasteiger partial charge < -0.3 is 24.8 Å². The molecule has 2 heterocycles. The van der Waals surface area contributed by atoms with E-state index in [1.54, 1.807) is 39.4 Å². The lowest BCUT2D eigenvalue weighted by Crippen LogP contribution is -2.35. The Labute approximate surface area is 161 Å². The highest BCUT2D eigenvalue weighted by Gasteiger charge is 2.29. The van der Waals surface area contributed by atoms with Gasteiger partial charge in [-0.15, -0.1) is 0 Å². The van der Waals surface area contributed by atoms with Crippen LogP contribution in [0.1, 0.15) is 29.6 Å². The van der Waals surface area contributed by atoms with Crippen LogP contribution in [0, 0.1) is 5.92 Å². The first-order valence-electron chi connectivity index (χ1n) is 9.66. The summed E-state index contributed by atoms with van der Waals surface area (Å²) in [4.78, 5) is 30.8. The fourth-order valence-electron chi connectivity index (χ4n) is 3.89. The zero-order valence-electron chi connectivity index (χ0n) is 16.5. The molecule has 27 heavy (non-hydrogen) atoms. The number of carbonyl (C=O) groups excluding carboxylic acids is 2. The lowest BCUT2D eigenvalue weighted by molar-refractivity contribution is 0.0827. The van der Waals surface area contributed by atoms with Crippen molar-refractivity contribution in [2.24, 2.45) is 5.92 Å². The number of methoxy groups -OCH3 is 1. The summed E-state index contributed by atoms with van der Waals surface area (Å²) in [6.45, 7) is 5.00. The van der Waals surface area contributed by atoms with Crippen molar-refractivity contribution in [3.05, 3.63) is 23.8 Å². The zero-order chi connectivity index (χ0) is 19.4. The van der Waals surface area contributed by atoms with Crippen LogP contribution >= 0.6 is 0 Å². The highest BCUT2D eigenvalue weighted by atomic mass is 16.5. The van der Waals surface area contributed by atoms with Crippen LogP contribution in [0.4, 0.5) is 10.5 Å². The largest absolute Gasteiger partial charge is 0.495 e. The molecule has 1 aromatic carbocycles. The number of hydrogen-bond acceptors (Lipinski definition) is 4. The topological polar surface area (TPSA) is 65.1 Å². The monoisotopic (exact) mass is 374 g/mol. The molecule has 0 spiro atoms. The van der Waals surface area contributed by atoms with E-state index in [4.69, 9.17) is 4.74 Å². The maximum atomic E-state index is 12.7. The van der Waals surface area contributed by atoms with E-state index >= 15 is 0 Å². The van der Waals surface area contributed by atoms with E-state index in [0.717, 1.165) is 26.1 Å². The minimum Gasteiger partial charge on any atom is -0.495 e. The maximum Gasteiger partial charge on any atom is 0.321 e. The van der Waals surface area contributed by atoms with Gasteiger partial charge in [0, 0.05) is 39.3 Å². The number of amides is 3. The van der Waals surface area contributed by atoms with Crippen LogP contribution in [0.5, 0.6) is 5.75 Å². The van der Waals surface area contributed by atoms with Gasteiger partial charge in [0.2, 0.25) is 0 Å². The molecule has 0 aromatic heterocycles. The highest BCUT2D eigenvalue weighted by molar-refractivity contribution is 5.97. The summed E-state index contributed by atoms with van der Waals surface area (Å²) in [7, 11) is 4.96. The molecule has 2 saturated heterocycles. The van der Waals surface area contributed by atoms with Crippen LogP contribution in [-0.2, 0) is 0 Å². The standard InChI is InChI=1S/C20H30N4O3/c1-22(2)19(25)16-6-7-18(27-3)17(12-16)21-20(26)24-11-8-15(14-24)13-23-9-4-5-10-23/h6-7,12,15H,4-5,8-11,13-14H2,1-3H3,(H,21,26). The fourth-order valence-corrected chi connectivity index (χ4v) is 3.89. The van der Waals surface area contributed by atoms with Gasteiger partial charge in [-0.3, -0.25) is 4.79 Å². The van der Waals surface area contributed by atoms with Gasteiger partial charge in [0.1, 0.15) is 5.75 Å². The molecule has 1 N–H and O–H groups in total. The Morgan fingerprint density at radius 1 is 1.22 bits per heavy atom. The van der Waals surface area contributed by atoms with E-state index in [2.05, 4.69) is 10.2 Å². The number of ether oxygens (including phenoxy) is 1. The Kier molecular flexibility index (Phi) is 6.21. The first-order valence-corrected chi connectivity index (χ1v) is 9.66. The van der Waals surface area contributed by atoms with Gasteiger partial charge in [-0.2, -0.15) is 0 Å². The van der Waals surface area contributed by atoms with Gasteiger partial charge in [0.25, 0.3) is 5.91 Å². The van der Waals surface area contributed by atoms with Crippen molar-refractivity contribution < 1.29 is 14.3 Å². The first-order chi connectivity index (χ1) is 13.0. The van der Waals surface area contributed by atoms with Gasteiger partial charge >= 0.3 is 6.03 Å². The number of hydrogen-bond donors (Lipinski definition) is 1. The number of nitrogens with one attached hydrogen (secondary N) is 1. The Morgan fingerprint density at radius 2 is 1.96 bits per heavy atom. The van der Waals surface area contributed by atoms with Gasteiger partial charge in [-0.1, -0.05) is 0 Å². The van der Waals surface area contributed by atoms with Crippen molar-refractivity contribution in [1.29, 1.82) is 0 Å². The average Bonchev–Trinajstić information content (AvgIpc) is 3.33. The van der Waals surface area contributed by atoms with Gasteiger partial charge in [-0.25, -0.2) is 4.79 Å². The second kappa shape index (κ2) is 8.61. The van der Waals surface area contributed by atoms with Crippen LogP contribution in [0.15, 0.2) is 18.2 Å². The Bertz CT molecular complexity index is 686. The molecule has 1 aromatic rings. The molecule has 2 aliphatic heterocycles. The highest BCUT2D eigenvalue weighted by Crippen LogP contribution is 2.27. The lowest BCUT2D eigenvalue weighted by Gasteiger charge is -2.21. The molecule has 0 bridgehead atoms. The van der Waals surface area contributed by atoms with Crippen LogP contribution < -0.4 is 10.1 Å². The average molecular weight is 374 g/mol. The second-order valence-corrected chi connectivity index (χ2v) is 7.65. The number of urea groups is 1. The van der Waals surface area contributed by atoms with Crippen LogP contribution in [0.2, 0.25) is 0 Å². The summed E-state index contributed by atoms with van der Waals surface area (Å²) in [5.74, 6) is 0.976. The molecule has 0 saturated carbocycles. The van der Waals surface area contributed by atoms with Crippen molar-refractivity contribution in [2.75, 3.05) is 59.2 Å². The van der Waals surface area contributed by atoms with E-state index < -0.39 is 0 Å². The molecule has 1 atom stereocenters. The van der Waals surface area contributed by atoms with Crippen LogP contribution in [-0.4, -0.2) is 80.6 Å². The minimum absolute atomic E-state index is 0.111. The van der Waals surface area contributed by atoms with Crippen molar-refractivity contribution >= 4 is 17.6 Å². The van der Waals surface area contributed by atoms with E-state index in [-0.39, 0.29) is 11.9 Å². The molecule has 2 aliphatic rings. The summed E-state index contributed by atoms with van der Waals surface area (Å²) in [5, 5.41) is 2.93. The third-order valence-corrected chi connectivity index (χ3v) is 5.38. The minimum atomic E-state index is -0.133. The number of benzene rings is 1. The summed E-state index contributed by atoms with van der Waals surface area (Å²) in [6.07, 6.45) is 3.62. The first kappa shape index (κ1) is 19.5. The maximum absolute atomic E-state index is 12.7. The quantitative estimate of drug-likeness (QED) is 0.859. The summed E-state index contributed by atoms with van der Waals surface area (Å²) >= 11 is 0. The number of rotatable bonds is 5. The molecule has 148 valence electrons. The van der Waals surface area contributed by atoms with Crippen molar-refractivity contribution in [2.45, 2.75) is 19.3 Å². The summed E-state index contributed by atoms with van der Waals surface area (Å²) in [6, 6.07) is 4.97. The number of nitrogens with zero attached hydrogens (tertiary/aromatic N) is 3. The van der Waals surface area contributed by atoms with E-state index in [9.17, 15) is 9.59 Å². The van der Waals surface area contributed by atoms with Crippen LogP contribution in [0.3, 0.4) is 0 Å². The molecular weight excluding hydrogens is 344 g/mol. The second-order valence-electron chi connectivity index (χ2n) is 7.65. The number of carbonyl (C=O) groups is 2. The van der Waals surface area contributed by atoms with Gasteiger partial charge in [-0.05, 0) is 56.5 Å². The zero-order valence-corrected chi connectivity index (χ0v) is 16.5. The molecule has 2 fully saturated rings. The Hall–Kier alpha value is -2.28. The van der Waals surface area contributed by atoms with Crippen molar-refractivity contribution in [3.8, 4) is 5.75 Å². The lowest BCUT2D eigenvalue weighted by atomic mass is 10.1. The van der Waals surface area contributed by atoms with Gasteiger partial charge in [0.05, 0.1) is 12.8 Å². The molecule has 3 amide bonds. The molecule has 0 aliphatic carbocycles. The van der Waals surface area contributed by atoms with E-state index in [1.165, 1.54) is 30.8 Å². The molecule has 7 nitrogen and oxygen atoms in total. The van der Waals surface area contributed by atoms with Crippen molar-refractivity contribution in [3.63, 3.8) is 0 Å². The summed E-state index contributed by atoms with van der Waals surface area (Å²) in [5.41, 5.74) is 1.04. The predicted octanol–water partition coefficient (Wildman–Crippen LogP) is 2.35. The fraction of sp³-hybridized carbons (Fsp3) is 0.600. The van der Waals surface area contributed by atoms with E-state index in [0.29, 0.717) is 22.9 Å². The molecular formula is C20H30N4O3. The Balaban J connectivity index is 1.63. The van der Waals surface area contributed by atoms with E-state index in [1.807, 2.05) is 4.90 Å². The summed E-state index contributed by atoms with van der Waals surface area (Å²) < 4.78 is 5.35. The van der Waals surface area contributed by atoms with Crippen molar-refractivity contribution in [1.82, 2.24) is 14.7 Å². The van der Waals surface area contributed by atoms with Crippen LogP contribution in [0.25, 0.3) is 0 Å². The Morgan fingerprint density at radius 3 is 2.63 bits per heavy atom. The third kappa shape index (κ3) is 4.71. The molecule has 0 radical (unpaired) electrons. The molecule has 3 rings (SSSR count). The van der Waals surface area contributed by atoms with Gasteiger partial charge in [0.15, 0.2) is 0 Å². The SMILES string of the molecule is COc1ccc(C(=O)N(C)C)cc1NC(=O)N1CCC(CN2CCCC2)C1. The predicted molar refractivity (Wildman–Crippen MR) is 105 cm³/mol. The third-order valence-electron chi connectivity index (χ3n) is 5.38. The number of anilines is 1. The molecule has 1 unspecified atom stereocenters. The smallest absolute Gasteiger partial charge is 0.321 e. The number of likely N-dealkylation sites (tertiary alicyclic amines) is 2. The molecule has 7 heteroatoms. The normalized spacial score (nSPS) is 20.0.